The molecule has 0 radical (unpaired) electrons. The Kier molecular flexibility index (Phi) is 5.95. The lowest BCUT2D eigenvalue weighted by Gasteiger charge is -2.34. The molecule has 1 amide bonds. The van der Waals surface area contributed by atoms with E-state index in [9.17, 15) is 9.59 Å². The molecule has 32 heavy (non-hydrogen) atoms. The minimum atomic E-state index is -0.0328. The second-order valence-corrected chi connectivity index (χ2v) is 10.2. The van der Waals surface area contributed by atoms with Gasteiger partial charge in [0.2, 0.25) is 5.91 Å². The largest absolute Gasteiger partial charge is 0.352 e. The van der Waals surface area contributed by atoms with Crippen molar-refractivity contribution in [2.24, 2.45) is 5.92 Å². The van der Waals surface area contributed by atoms with Crippen LogP contribution in [0.5, 0.6) is 0 Å². The monoisotopic (exact) mass is 496 g/mol. The van der Waals surface area contributed by atoms with Crippen LogP contribution in [-0.4, -0.2) is 46.0 Å². The van der Waals surface area contributed by atoms with E-state index in [1.54, 1.807) is 0 Å². The fourth-order valence-electron chi connectivity index (χ4n) is 5.16. The lowest BCUT2D eigenvalue weighted by atomic mass is 10.0. The summed E-state index contributed by atoms with van der Waals surface area (Å²) >= 11 is 3.47. The minimum Gasteiger partial charge on any atom is -0.352 e. The number of H-pyrrole nitrogens is 1. The van der Waals surface area contributed by atoms with E-state index in [1.807, 2.05) is 41.0 Å². The SMILES string of the molecule is CC(CN1CCC(n2c(=O)[nH]c3cc(Br)ccc32)CC1)NC(=O)[C@@H]1C[C@@H]1c1ccccc1. The normalized spacial score (nSPS) is 22.7. The second-order valence-electron chi connectivity index (χ2n) is 9.26. The van der Waals surface area contributed by atoms with Gasteiger partial charge >= 0.3 is 5.69 Å². The van der Waals surface area contributed by atoms with Crippen molar-refractivity contribution in [2.75, 3.05) is 19.6 Å². The predicted octanol–water partition coefficient (Wildman–Crippen LogP) is 4.04. The Morgan fingerprint density at radius 2 is 1.94 bits per heavy atom. The fourth-order valence-corrected chi connectivity index (χ4v) is 5.52. The Labute approximate surface area is 196 Å². The van der Waals surface area contributed by atoms with Gasteiger partial charge in [0.1, 0.15) is 0 Å². The van der Waals surface area contributed by atoms with E-state index in [4.69, 9.17) is 0 Å². The Bertz CT molecular complexity index is 1160. The van der Waals surface area contributed by atoms with Crippen molar-refractivity contribution < 1.29 is 4.79 Å². The number of nitrogens with zero attached hydrogens (tertiary/aromatic N) is 2. The molecule has 5 rings (SSSR count). The van der Waals surface area contributed by atoms with E-state index in [1.165, 1.54) is 5.56 Å². The van der Waals surface area contributed by atoms with E-state index < -0.39 is 0 Å². The molecule has 1 saturated carbocycles. The van der Waals surface area contributed by atoms with E-state index in [-0.39, 0.29) is 29.6 Å². The van der Waals surface area contributed by atoms with Gasteiger partial charge in [0, 0.05) is 42.1 Å². The zero-order valence-electron chi connectivity index (χ0n) is 18.3. The number of hydrogen-bond acceptors (Lipinski definition) is 3. The highest BCUT2D eigenvalue weighted by Gasteiger charge is 2.44. The maximum absolute atomic E-state index is 12.7. The van der Waals surface area contributed by atoms with Crippen LogP contribution in [0.3, 0.4) is 0 Å². The molecule has 6 nitrogen and oxygen atoms in total. The standard InChI is InChI=1S/C25H29BrN4O2/c1-16(27-24(31)21-14-20(21)17-5-3-2-4-6-17)15-29-11-9-19(10-12-29)30-23-8-7-18(26)13-22(23)28-25(30)32/h2-8,13,16,19-21H,9-12,14-15H2,1H3,(H,27,31)(H,28,32)/t16?,20-,21-/m1/s1. The second kappa shape index (κ2) is 8.87. The molecule has 3 aromatic rings. The van der Waals surface area contributed by atoms with Crippen LogP contribution in [0.15, 0.2) is 57.8 Å². The quantitative estimate of drug-likeness (QED) is 0.540. The summed E-state index contributed by atoms with van der Waals surface area (Å²) in [5.74, 6) is 0.659. The number of rotatable bonds is 6. The van der Waals surface area contributed by atoms with Crippen LogP contribution in [0, 0.1) is 5.92 Å². The maximum Gasteiger partial charge on any atom is 0.326 e. The van der Waals surface area contributed by atoms with Crippen LogP contribution in [0.1, 0.15) is 43.7 Å². The summed E-state index contributed by atoms with van der Waals surface area (Å²) in [5, 5.41) is 3.22. The zero-order valence-corrected chi connectivity index (χ0v) is 19.8. The summed E-state index contributed by atoms with van der Waals surface area (Å²) in [6.45, 7) is 4.79. The topological polar surface area (TPSA) is 70.1 Å². The highest BCUT2D eigenvalue weighted by atomic mass is 79.9. The van der Waals surface area contributed by atoms with Crippen LogP contribution in [0.25, 0.3) is 11.0 Å². The molecule has 1 aliphatic carbocycles. The van der Waals surface area contributed by atoms with Crippen molar-refractivity contribution >= 4 is 32.9 Å². The number of amides is 1. The lowest BCUT2D eigenvalue weighted by Crippen LogP contribution is -2.45. The van der Waals surface area contributed by atoms with Crippen molar-refractivity contribution in [3.8, 4) is 0 Å². The fraction of sp³-hybridized carbons (Fsp3) is 0.440. The Morgan fingerprint density at radius 3 is 2.69 bits per heavy atom. The molecule has 2 heterocycles. The number of carbonyl (C=O) groups is 1. The zero-order chi connectivity index (χ0) is 22.2. The first-order valence-electron chi connectivity index (χ1n) is 11.5. The summed E-state index contributed by atoms with van der Waals surface area (Å²) in [6, 6.07) is 16.6. The van der Waals surface area contributed by atoms with Gasteiger partial charge in [-0.2, -0.15) is 0 Å². The number of piperidine rings is 1. The van der Waals surface area contributed by atoms with Crippen molar-refractivity contribution in [2.45, 2.75) is 44.2 Å². The molecule has 3 atom stereocenters. The highest BCUT2D eigenvalue weighted by Crippen LogP contribution is 2.47. The molecule has 0 bridgehead atoms. The Balaban J connectivity index is 1.13. The first kappa shape index (κ1) is 21.5. The molecule has 7 heteroatoms. The smallest absolute Gasteiger partial charge is 0.326 e. The van der Waals surface area contributed by atoms with E-state index in [2.05, 4.69) is 50.2 Å². The average molecular weight is 497 g/mol. The van der Waals surface area contributed by atoms with Crippen molar-refractivity contribution in [1.29, 1.82) is 0 Å². The third-order valence-corrected chi connectivity index (χ3v) is 7.37. The molecule has 168 valence electrons. The molecular weight excluding hydrogens is 468 g/mol. The summed E-state index contributed by atoms with van der Waals surface area (Å²) in [7, 11) is 0. The van der Waals surface area contributed by atoms with Gasteiger partial charge < -0.3 is 15.2 Å². The van der Waals surface area contributed by atoms with Crippen molar-refractivity contribution in [3.05, 3.63) is 69.1 Å². The average Bonchev–Trinajstić information content (AvgIpc) is 3.52. The Morgan fingerprint density at radius 1 is 1.19 bits per heavy atom. The van der Waals surface area contributed by atoms with E-state index in [0.29, 0.717) is 5.92 Å². The lowest BCUT2D eigenvalue weighted by molar-refractivity contribution is -0.123. The minimum absolute atomic E-state index is 0.0328. The number of hydrogen-bond donors (Lipinski definition) is 2. The third kappa shape index (κ3) is 4.41. The molecule has 0 spiro atoms. The molecule has 1 aliphatic heterocycles. The van der Waals surface area contributed by atoms with Crippen LogP contribution in [0.4, 0.5) is 0 Å². The van der Waals surface area contributed by atoms with Gasteiger partial charge in [0.15, 0.2) is 0 Å². The van der Waals surface area contributed by atoms with Gasteiger partial charge in [0.25, 0.3) is 0 Å². The van der Waals surface area contributed by atoms with Crippen LogP contribution < -0.4 is 11.0 Å². The summed E-state index contributed by atoms with van der Waals surface area (Å²) in [6.07, 6.45) is 2.81. The molecule has 1 saturated heterocycles. The van der Waals surface area contributed by atoms with Gasteiger partial charge in [-0.1, -0.05) is 46.3 Å². The third-order valence-electron chi connectivity index (χ3n) is 6.88. The van der Waals surface area contributed by atoms with Crippen molar-refractivity contribution in [3.63, 3.8) is 0 Å². The van der Waals surface area contributed by atoms with E-state index >= 15 is 0 Å². The number of fused-ring (bicyclic) bond motifs is 1. The Hall–Kier alpha value is -2.38. The van der Waals surface area contributed by atoms with Crippen LogP contribution in [-0.2, 0) is 4.79 Å². The number of nitrogens with one attached hydrogen (secondary N) is 2. The van der Waals surface area contributed by atoms with Gasteiger partial charge in [-0.15, -0.1) is 0 Å². The first-order valence-corrected chi connectivity index (χ1v) is 12.3. The summed E-state index contributed by atoms with van der Waals surface area (Å²) in [5.41, 5.74) is 3.07. The molecule has 2 aliphatic rings. The number of benzene rings is 2. The van der Waals surface area contributed by atoms with Crippen molar-refractivity contribution in [1.82, 2.24) is 19.8 Å². The summed E-state index contributed by atoms with van der Waals surface area (Å²) in [4.78, 5) is 30.6. The van der Waals surface area contributed by atoms with Crippen LogP contribution >= 0.6 is 15.9 Å². The van der Waals surface area contributed by atoms with Gasteiger partial charge in [-0.3, -0.25) is 9.36 Å². The number of aromatic amines is 1. The van der Waals surface area contributed by atoms with Crippen LogP contribution in [0.2, 0.25) is 0 Å². The van der Waals surface area contributed by atoms with Gasteiger partial charge in [-0.05, 0) is 55.9 Å². The molecule has 1 aromatic heterocycles. The number of carbonyl (C=O) groups excluding carboxylic acids is 1. The molecule has 2 fully saturated rings. The number of likely N-dealkylation sites (tertiary alicyclic amines) is 1. The highest BCUT2D eigenvalue weighted by molar-refractivity contribution is 9.10. The predicted molar refractivity (Wildman–Crippen MR) is 130 cm³/mol. The first-order chi connectivity index (χ1) is 15.5. The summed E-state index contributed by atoms with van der Waals surface area (Å²) < 4.78 is 2.88. The van der Waals surface area contributed by atoms with Gasteiger partial charge in [0.05, 0.1) is 11.0 Å². The molecule has 2 aromatic carbocycles. The number of halogens is 1. The maximum atomic E-state index is 12.7. The van der Waals surface area contributed by atoms with E-state index in [0.717, 1.165) is 54.4 Å². The number of imidazole rings is 1. The van der Waals surface area contributed by atoms with Gasteiger partial charge in [-0.25, -0.2) is 4.79 Å². The number of aromatic nitrogens is 2. The molecular formula is C25H29BrN4O2. The molecule has 1 unspecified atom stereocenters. The molecule has 2 N–H and O–H groups in total.